The highest BCUT2D eigenvalue weighted by atomic mass is 16.5. The summed E-state index contributed by atoms with van der Waals surface area (Å²) >= 11 is 0. The minimum absolute atomic E-state index is 0.0672. The van der Waals surface area contributed by atoms with Gasteiger partial charge in [0.05, 0.1) is 25.0 Å². The number of fused-ring (bicyclic) bond motifs is 1. The maximum atomic E-state index is 12.0. The van der Waals surface area contributed by atoms with Crippen LogP contribution in [0.4, 0.5) is 0 Å². The normalized spacial score (nSPS) is 24.2. The van der Waals surface area contributed by atoms with E-state index < -0.39 is 0 Å². The van der Waals surface area contributed by atoms with Crippen LogP contribution < -0.4 is 5.32 Å². The van der Waals surface area contributed by atoms with E-state index in [0.717, 1.165) is 50.4 Å². The number of carbonyl (C=O) groups is 1. The molecule has 1 aromatic rings. The van der Waals surface area contributed by atoms with Crippen molar-refractivity contribution in [3.63, 3.8) is 0 Å². The Morgan fingerprint density at radius 1 is 1.55 bits per heavy atom. The smallest absolute Gasteiger partial charge is 0.222 e. The second-order valence-corrected chi connectivity index (χ2v) is 6.21. The standard InChI is InChI=1S/C16H25N3O3/c1-12-9-19-10-13(4-5-15(19)17-12)18-16(20)6-8-21-11-14-3-2-7-22-14/h9,13-14H,2-8,10-11H2,1H3,(H,18,20)/t13-,14+/m0/s1. The zero-order valence-electron chi connectivity index (χ0n) is 13.2. The molecule has 1 fully saturated rings. The number of amides is 1. The molecule has 0 radical (unpaired) electrons. The predicted molar refractivity (Wildman–Crippen MR) is 81.6 cm³/mol. The molecule has 0 spiro atoms. The Morgan fingerprint density at radius 2 is 2.45 bits per heavy atom. The summed E-state index contributed by atoms with van der Waals surface area (Å²) in [6.45, 7) is 4.73. The number of hydrogen-bond acceptors (Lipinski definition) is 4. The van der Waals surface area contributed by atoms with E-state index in [9.17, 15) is 4.79 Å². The lowest BCUT2D eigenvalue weighted by atomic mass is 10.1. The number of imidazole rings is 1. The van der Waals surface area contributed by atoms with Crippen LogP contribution in [0.5, 0.6) is 0 Å². The Morgan fingerprint density at radius 3 is 3.27 bits per heavy atom. The molecule has 3 rings (SSSR count). The first-order valence-electron chi connectivity index (χ1n) is 8.22. The van der Waals surface area contributed by atoms with Gasteiger partial charge in [0.1, 0.15) is 5.82 Å². The van der Waals surface area contributed by atoms with Crippen molar-refractivity contribution in [2.45, 2.75) is 57.7 Å². The van der Waals surface area contributed by atoms with Crippen LogP contribution >= 0.6 is 0 Å². The molecule has 1 saturated heterocycles. The van der Waals surface area contributed by atoms with Gasteiger partial charge in [-0.05, 0) is 26.2 Å². The van der Waals surface area contributed by atoms with Crippen LogP contribution in [0.1, 0.15) is 37.2 Å². The van der Waals surface area contributed by atoms with Crippen molar-refractivity contribution in [1.82, 2.24) is 14.9 Å². The lowest BCUT2D eigenvalue weighted by molar-refractivity contribution is -0.123. The van der Waals surface area contributed by atoms with E-state index in [1.807, 2.05) is 6.92 Å². The maximum Gasteiger partial charge on any atom is 0.222 e. The zero-order chi connectivity index (χ0) is 15.4. The van der Waals surface area contributed by atoms with Crippen LogP contribution in [0.25, 0.3) is 0 Å². The molecular formula is C16H25N3O3. The van der Waals surface area contributed by atoms with Gasteiger partial charge in [-0.3, -0.25) is 4.79 Å². The van der Waals surface area contributed by atoms with Crippen LogP contribution in [0, 0.1) is 6.92 Å². The highest BCUT2D eigenvalue weighted by molar-refractivity contribution is 5.76. The van der Waals surface area contributed by atoms with Gasteiger partial charge in [0.2, 0.25) is 5.91 Å². The first-order valence-corrected chi connectivity index (χ1v) is 8.22. The molecule has 6 heteroatoms. The third kappa shape index (κ3) is 4.08. The van der Waals surface area contributed by atoms with Crippen LogP contribution in [-0.2, 0) is 27.2 Å². The number of ether oxygens (including phenoxy) is 2. The lowest BCUT2D eigenvalue weighted by Gasteiger charge is -2.24. The van der Waals surface area contributed by atoms with Crippen molar-refractivity contribution >= 4 is 5.91 Å². The maximum absolute atomic E-state index is 12.0. The molecule has 0 aliphatic carbocycles. The van der Waals surface area contributed by atoms with Gasteiger partial charge in [0.15, 0.2) is 0 Å². The monoisotopic (exact) mass is 307 g/mol. The molecule has 1 aromatic heterocycles. The highest BCUT2D eigenvalue weighted by Crippen LogP contribution is 2.15. The molecule has 1 N–H and O–H groups in total. The lowest BCUT2D eigenvalue weighted by Crippen LogP contribution is -2.41. The molecule has 1 amide bonds. The minimum atomic E-state index is 0.0672. The fourth-order valence-corrected chi connectivity index (χ4v) is 3.16. The first kappa shape index (κ1) is 15.5. The molecule has 0 bridgehead atoms. The van der Waals surface area contributed by atoms with Crippen LogP contribution in [0.2, 0.25) is 0 Å². The van der Waals surface area contributed by atoms with Crippen molar-refractivity contribution in [3.05, 3.63) is 17.7 Å². The number of carbonyl (C=O) groups excluding carboxylic acids is 1. The molecule has 2 aliphatic rings. The molecule has 2 aliphatic heterocycles. The van der Waals surface area contributed by atoms with Gasteiger partial charge in [-0.2, -0.15) is 0 Å². The average molecular weight is 307 g/mol. The first-order chi connectivity index (χ1) is 10.7. The number of aryl methyl sites for hydroxylation is 2. The third-order valence-electron chi connectivity index (χ3n) is 4.28. The Labute approximate surface area is 131 Å². The van der Waals surface area contributed by atoms with Crippen molar-refractivity contribution in [2.24, 2.45) is 0 Å². The SMILES string of the molecule is Cc1cn2c(n1)CC[C@H](NC(=O)CCOC[C@H]1CCCO1)C2. The van der Waals surface area contributed by atoms with E-state index in [0.29, 0.717) is 19.6 Å². The summed E-state index contributed by atoms with van der Waals surface area (Å²) in [6.07, 6.45) is 6.77. The number of nitrogens with one attached hydrogen (secondary N) is 1. The fourth-order valence-electron chi connectivity index (χ4n) is 3.16. The van der Waals surface area contributed by atoms with E-state index in [1.54, 1.807) is 0 Å². The summed E-state index contributed by atoms with van der Waals surface area (Å²) in [6, 6.07) is 0.201. The summed E-state index contributed by atoms with van der Waals surface area (Å²) in [5, 5.41) is 3.10. The van der Waals surface area contributed by atoms with Gasteiger partial charge >= 0.3 is 0 Å². The molecule has 3 heterocycles. The predicted octanol–water partition coefficient (Wildman–Crippen LogP) is 1.21. The molecule has 0 unspecified atom stereocenters. The summed E-state index contributed by atoms with van der Waals surface area (Å²) < 4.78 is 13.2. The molecule has 6 nitrogen and oxygen atoms in total. The van der Waals surface area contributed by atoms with Crippen molar-refractivity contribution in [2.75, 3.05) is 19.8 Å². The van der Waals surface area contributed by atoms with E-state index in [-0.39, 0.29) is 18.1 Å². The summed E-state index contributed by atoms with van der Waals surface area (Å²) in [7, 11) is 0. The third-order valence-corrected chi connectivity index (χ3v) is 4.28. The second-order valence-electron chi connectivity index (χ2n) is 6.21. The summed E-state index contributed by atoms with van der Waals surface area (Å²) in [5.74, 6) is 1.19. The van der Waals surface area contributed by atoms with Crippen molar-refractivity contribution in [1.29, 1.82) is 0 Å². The van der Waals surface area contributed by atoms with Crippen LogP contribution in [0.3, 0.4) is 0 Å². The van der Waals surface area contributed by atoms with E-state index in [4.69, 9.17) is 9.47 Å². The number of aromatic nitrogens is 2. The average Bonchev–Trinajstić information content (AvgIpc) is 3.11. The van der Waals surface area contributed by atoms with Crippen molar-refractivity contribution in [3.8, 4) is 0 Å². The Balaban J connectivity index is 1.33. The molecule has 122 valence electrons. The van der Waals surface area contributed by atoms with Gasteiger partial charge in [-0.25, -0.2) is 4.98 Å². The molecule has 0 saturated carbocycles. The van der Waals surface area contributed by atoms with Gasteiger partial charge in [-0.15, -0.1) is 0 Å². The second kappa shape index (κ2) is 7.24. The van der Waals surface area contributed by atoms with Crippen LogP contribution in [-0.4, -0.2) is 47.4 Å². The Hall–Kier alpha value is -1.40. The number of nitrogens with zero attached hydrogens (tertiary/aromatic N) is 2. The van der Waals surface area contributed by atoms with E-state index in [2.05, 4.69) is 21.1 Å². The van der Waals surface area contributed by atoms with E-state index >= 15 is 0 Å². The molecular weight excluding hydrogens is 282 g/mol. The quantitative estimate of drug-likeness (QED) is 0.802. The minimum Gasteiger partial charge on any atom is -0.378 e. The summed E-state index contributed by atoms with van der Waals surface area (Å²) in [4.78, 5) is 16.5. The molecule has 2 atom stereocenters. The Kier molecular flexibility index (Phi) is 5.10. The largest absolute Gasteiger partial charge is 0.378 e. The highest BCUT2D eigenvalue weighted by Gasteiger charge is 2.21. The van der Waals surface area contributed by atoms with Gasteiger partial charge in [0.25, 0.3) is 0 Å². The number of rotatable bonds is 6. The topological polar surface area (TPSA) is 65.4 Å². The van der Waals surface area contributed by atoms with Crippen molar-refractivity contribution < 1.29 is 14.3 Å². The van der Waals surface area contributed by atoms with Gasteiger partial charge < -0.3 is 19.4 Å². The van der Waals surface area contributed by atoms with Gasteiger partial charge in [-0.1, -0.05) is 0 Å². The van der Waals surface area contributed by atoms with Crippen LogP contribution in [0.15, 0.2) is 6.20 Å². The summed E-state index contributed by atoms with van der Waals surface area (Å²) in [5.41, 5.74) is 1.05. The zero-order valence-corrected chi connectivity index (χ0v) is 13.2. The van der Waals surface area contributed by atoms with Gasteiger partial charge in [0, 0.05) is 38.2 Å². The molecule has 22 heavy (non-hydrogen) atoms. The molecule has 0 aromatic carbocycles. The van der Waals surface area contributed by atoms with E-state index in [1.165, 1.54) is 0 Å². The Bertz CT molecular complexity index is 509. The fraction of sp³-hybridized carbons (Fsp3) is 0.750. The number of hydrogen-bond donors (Lipinski definition) is 1.